The molecule has 1 aliphatic heterocycles. The van der Waals surface area contributed by atoms with E-state index in [1.54, 1.807) is 13.0 Å². The second-order valence-electron chi connectivity index (χ2n) is 3.08. The molecule has 0 amide bonds. The van der Waals surface area contributed by atoms with Crippen LogP contribution in [0.5, 0.6) is 0 Å². The van der Waals surface area contributed by atoms with Crippen LogP contribution in [0, 0.1) is 10.1 Å². The number of rotatable bonds is 1. The van der Waals surface area contributed by atoms with Crippen LogP contribution in [-0.2, 0) is 4.74 Å². The number of benzene rings is 1. The molecule has 16 heavy (non-hydrogen) atoms. The summed E-state index contributed by atoms with van der Waals surface area (Å²) in [5, 5.41) is 10.4. The number of ether oxygens (including phenoxy) is 1. The summed E-state index contributed by atoms with van der Waals surface area (Å²) in [6.45, 7) is 5.73. The highest BCUT2D eigenvalue weighted by atomic mass is 16.6. The number of hydrogen-bond acceptors (Lipinski definition) is 4. The lowest BCUT2D eigenvalue weighted by atomic mass is 10.1. The molecule has 1 aliphatic rings. The van der Waals surface area contributed by atoms with E-state index >= 15 is 0 Å². The maximum atomic E-state index is 11.2. The van der Waals surface area contributed by atoms with Gasteiger partial charge < -0.3 is 4.74 Å². The smallest absolute Gasteiger partial charge is 0.339 e. The summed E-state index contributed by atoms with van der Waals surface area (Å²) in [7, 11) is 0. The molecular formula is C11H13NO4. The summed E-state index contributed by atoms with van der Waals surface area (Å²) in [6.07, 6.45) is -0.307. The summed E-state index contributed by atoms with van der Waals surface area (Å²) in [6, 6.07) is 4.18. The first-order chi connectivity index (χ1) is 7.59. The van der Waals surface area contributed by atoms with Gasteiger partial charge in [-0.15, -0.1) is 0 Å². The summed E-state index contributed by atoms with van der Waals surface area (Å²) < 4.78 is 4.90. The highest BCUT2D eigenvalue weighted by Gasteiger charge is 2.29. The van der Waals surface area contributed by atoms with Crippen molar-refractivity contribution in [3.63, 3.8) is 0 Å². The van der Waals surface area contributed by atoms with Crippen LogP contribution in [0.1, 0.15) is 42.8 Å². The standard InChI is InChI=1S/C9H7NO4.C2H6/c1-5-7-3-2-6(10(12)13)4-8(7)9(11)14-5;1-2/h2-5H,1H3;1-2H3. The minimum Gasteiger partial charge on any atom is -0.454 e. The number of esters is 1. The minimum absolute atomic E-state index is 0.0881. The zero-order chi connectivity index (χ0) is 12.3. The van der Waals surface area contributed by atoms with E-state index in [9.17, 15) is 14.9 Å². The van der Waals surface area contributed by atoms with Crippen molar-refractivity contribution < 1.29 is 14.5 Å². The Morgan fingerprint density at radius 3 is 2.56 bits per heavy atom. The molecule has 1 heterocycles. The van der Waals surface area contributed by atoms with Crippen LogP contribution >= 0.6 is 0 Å². The van der Waals surface area contributed by atoms with E-state index < -0.39 is 10.9 Å². The van der Waals surface area contributed by atoms with Gasteiger partial charge in [0.1, 0.15) is 6.10 Å². The van der Waals surface area contributed by atoms with Crippen molar-refractivity contribution in [1.29, 1.82) is 0 Å². The Labute approximate surface area is 93.2 Å². The molecule has 0 fully saturated rings. The van der Waals surface area contributed by atoms with Crippen molar-refractivity contribution in [2.45, 2.75) is 26.9 Å². The van der Waals surface area contributed by atoms with Crippen molar-refractivity contribution in [2.24, 2.45) is 0 Å². The quantitative estimate of drug-likeness (QED) is 0.417. The largest absolute Gasteiger partial charge is 0.454 e. The number of non-ortho nitro benzene ring substituents is 1. The Balaban J connectivity index is 0.000000606. The van der Waals surface area contributed by atoms with E-state index in [0.717, 1.165) is 0 Å². The van der Waals surface area contributed by atoms with Crippen LogP contribution < -0.4 is 0 Å². The molecular weight excluding hydrogens is 210 g/mol. The van der Waals surface area contributed by atoms with E-state index in [0.29, 0.717) is 11.1 Å². The number of nitrogens with zero attached hydrogens (tertiary/aromatic N) is 1. The molecule has 1 atom stereocenters. The summed E-state index contributed by atoms with van der Waals surface area (Å²) in [4.78, 5) is 21.1. The summed E-state index contributed by atoms with van der Waals surface area (Å²) in [5.41, 5.74) is 0.919. The number of cyclic esters (lactones) is 1. The Hall–Kier alpha value is -1.91. The molecule has 0 spiro atoms. The number of carbonyl (C=O) groups is 1. The molecule has 0 radical (unpaired) electrons. The van der Waals surface area contributed by atoms with Gasteiger partial charge in [0, 0.05) is 17.7 Å². The Morgan fingerprint density at radius 2 is 2.00 bits per heavy atom. The first kappa shape index (κ1) is 12.2. The monoisotopic (exact) mass is 223 g/mol. The molecule has 0 saturated heterocycles. The van der Waals surface area contributed by atoms with Crippen LogP contribution in [0.4, 0.5) is 5.69 Å². The summed E-state index contributed by atoms with van der Waals surface area (Å²) >= 11 is 0. The van der Waals surface area contributed by atoms with E-state index in [-0.39, 0.29) is 11.8 Å². The predicted molar refractivity (Wildman–Crippen MR) is 58.3 cm³/mol. The number of nitro benzene ring substituents is 1. The van der Waals surface area contributed by atoms with E-state index in [4.69, 9.17) is 4.74 Å². The normalized spacial score (nSPS) is 16.9. The molecule has 86 valence electrons. The zero-order valence-corrected chi connectivity index (χ0v) is 9.39. The van der Waals surface area contributed by atoms with Gasteiger partial charge in [-0.1, -0.05) is 13.8 Å². The van der Waals surface area contributed by atoms with Gasteiger partial charge in [-0.3, -0.25) is 10.1 Å². The molecule has 0 N–H and O–H groups in total. The predicted octanol–water partition coefficient (Wildman–Crippen LogP) is 2.85. The molecule has 5 nitrogen and oxygen atoms in total. The van der Waals surface area contributed by atoms with Crippen molar-refractivity contribution in [2.75, 3.05) is 0 Å². The third-order valence-electron chi connectivity index (χ3n) is 2.19. The number of nitro groups is 1. The van der Waals surface area contributed by atoms with Crippen molar-refractivity contribution in [1.82, 2.24) is 0 Å². The number of hydrogen-bond donors (Lipinski definition) is 0. The Kier molecular flexibility index (Phi) is 3.60. The fraction of sp³-hybridized carbons (Fsp3) is 0.364. The SMILES string of the molecule is CC.CC1OC(=O)c2cc([N+](=O)[O-])ccc21. The van der Waals surface area contributed by atoms with Crippen molar-refractivity contribution in [3.05, 3.63) is 39.4 Å². The molecule has 1 unspecified atom stereocenters. The topological polar surface area (TPSA) is 69.4 Å². The zero-order valence-electron chi connectivity index (χ0n) is 9.39. The number of carbonyl (C=O) groups excluding carboxylic acids is 1. The van der Waals surface area contributed by atoms with Crippen LogP contribution in [0.3, 0.4) is 0 Å². The van der Waals surface area contributed by atoms with Gasteiger partial charge >= 0.3 is 5.97 Å². The molecule has 0 aromatic heterocycles. The van der Waals surface area contributed by atoms with Crippen molar-refractivity contribution >= 4 is 11.7 Å². The molecule has 0 aliphatic carbocycles. The highest BCUT2D eigenvalue weighted by molar-refractivity contribution is 5.94. The van der Waals surface area contributed by atoms with Gasteiger partial charge in [-0.25, -0.2) is 4.79 Å². The molecule has 0 bridgehead atoms. The summed E-state index contributed by atoms with van der Waals surface area (Å²) in [5.74, 6) is -0.490. The van der Waals surface area contributed by atoms with E-state index in [2.05, 4.69) is 0 Å². The van der Waals surface area contributed by atoms with Crippen LogP contribution in [0.25, 0.3) is 0 Å². The van der Waals surface area contributed by atoms with Gasteiger partial charge in [0.15, 0.2) is 0 Å². The second-order valence-corrected chi connectivity index (χ2v) is 3.08. The van der Waals surface area contributed by atoms with Crippen molar-refractivity contribution in [3.8, 4) is 0 Å². The van der Waals surface area contributed by atoms with E-state index in [1.807, 2.05) is 13.8 Å². The van der Waals surface area contributed by atoms with Gasteiger partial charge in [-0.05, 0) is 13.0 Å². The maximum Gasteiger partial charge on any atom is 0.339 e. The van der Waals surface area contributed by atoms with E-state index in [1.165, 1.54) is 12.1 Å². The third kappa shape index (κ3) is 2.03. The molecule has 1 aromatic rings. The molecule has 0 saturated carbocycles. The average molecular weight is 223 g/mol. The van der Waals surface area contributed by atoms with Crippen LogP contribution in [-0.4, -0.2) is 10.9 Å². The van der Waals surface area contributed by atoms with Crippen LogP contribution in [0.15, 0.2) is 18.2 Å². The lowest BCUT2D eigenvalue weighted by Gasteiger charge is -2.00. The Morgan fingerprint density at radius 1 is 1.38 bits per heavy atom. The fourth-order valence-corrected chi connectivity index (χ4v) is 1.48. The lowest BCUT2D eigenvalue weighted by Crippen LogP contribution is -1.95. The average Bonchev–Trinajstić information content (AvgIpc) is 2.57. The molecule has 1 aromatic carbocycles. The second kappa shape index (κ2) is 4.74. The highest BCUT2D eigenvalue weighted by Crippen LogP contribution is 2.32. The van der Waals surface area contributed by atoms with Gasteiger partial charge in [0.2, 0.25) is 0 Å². The van der Waals surface area contributed by atoms with Gasteiger partial charge in [0.25, 0.3) is 5.69 Å². The molecule has 5 heteroatoms. The molecule has 2 rings (SSSR count). The Bertz CT molecular complexity index is 428. The maximum absolute atomic E-state index is 11.2. The van der Waals surface area contributed by atoms with Gasteiger partial charge in [0.05, 0.1) is 10.5 Å². The van der Waals surface area contributed by atoms with Gasteiger partial charge in [-0.2, -0.15) is 0 Å². The fourth-order valence-electron chi connectivity index (χ4n) is 1.48. The first-order valence-electron chi connectivity index (χ1n) is 5.09. The number of fused-ring (bicyclic) bond motifs is 1. The minimum atomic E-state index is -0.531. The first-order valence-corrected chi connectivity index (χ1v) is 5.09. The van der Waals surface area contributed by atoms with Crippen LogP contribution in [0.2, 0.25) is 0 Å². The third-order valence-corrected chi connectivity index (χ3v) is 2.19. The lowest BCUT2D eigenvalue weighted by molar-refractivity contribution is -0.384.